The maximum Gasteiger partial charge on any atom is 0.0107 e. The van der Waals surface area contributed by atoms with E-state index in [1.54, 1.807) is 5.56 Å². The summed E-state index contributed by atoms with van der Waals surface area (Å²) in [7, 11) is 0. The Morgan fingerprint density at radius 1 is 1.12 bits per heavy atom. The van der Waals surface area contributed by atoms with E-state index in [2.05, 4.69) is 40.5 Å². The van der Waals surface area contributed by atoms with Gasteiger partial charge in [-0.25, -0.2) is 0 Å². The third-order valence-electron chi connectivity index (χ3n) is 4.08. The van der Waals surface area contributed by atoms with Gasteiger partial charge in [0, 0.05) is 19.6 Å². The number of nitrogens with zero attached hydrogens (tertiary/aromatic N) is 1. The number of benzene rings is 1. The van der Waals surface area contributed by atoms with Crippen molar-refractivity contribution in [1.29, 1.82) is 0 Å². The Bertz CT molecular complexity index is 341. The van der Waals surface area contributed by atoms with Gasteiger partial charge in [0.05, 0.1) is 0 Å². The molecule has 2 atom stereocenters. The Balaban J connectivity index is 1.51. The second-order valence-corrected chi connectivity index (χ2v) is 5.42. The van der Waals surface area contributed by atoms with E-state index >= 15 is 0 Å². The number of nitrogens with one attached hydrogen (secondary N) is 1. The largest absolute Gasteiger partial charge is 0.315 e. The van der Waals surface area contributed by atoms with E-state index in [1.807, 2.05) is 0 Å². The monoisotopic (exact) mass is 230 g/mol. The molecule has 0 amide bonds. The van der Waals surface area contributed by atoms with Crippen LogP contribution in [0.25, 0.3) is 0 Å². The van der Waals surface area contributed by atoms with Gasteiger partial charge in [-0.15, -0.1) is 0 Å². The van der Waals surface area contributed by atoms with E-state index in [9.17, 15) is 0 Å². The lowest BCUT2D eigenvalue weighted by Crippen LogP contribution is -2.30. The molecule has 17 heavy (non-hydrogen) atoms. The average molecular weight is 230 g/mol. The van der Waals surface area contributed by atoms with Gasteiger partial charge in [-0.3, -0.25) is 0 Å². The van der Waals surface area contributed by atoms with Crippen LogP contribution in [-0.4, -0.2) is 37.6 Å². The predicted octanol–water partition coefficient (Wildman–Crippen LogP) is 2.09. The summed E-state index contributed by atoms with van der Waals surface area (Å²) in [5.74, 6) is 1.75. The van der Waals surface area contributed by atoms with Gasteiger partial charge in [0.2, 0.25) is 0 Å². The number of hydrogen-bond acceptors (Lipinski definition) is 2. The van der Waals surface area contributed by atoms with Crippen molar-refractivity contribution >= 4 is 0 Å². The van der Waals surface area contributed by atoms with Crippen molar-refractivity contribution < 1.29 is 0 Å². The predicted molar refractivity (Wildman–Crippen MR) is 71.2 cm³/mol. The minimum Gasteiger partial charge on any atom is -0.315 e. The van der Waals surface area contributed by atoms with Crippen LogP contribution in [0.2, 0.25) is 0 Å². The van der Waals surface area contributed by atoms with Gasteiger partial charge in [0.15, 0.2) is 0 Å². The lowest BCUT2D eigenvalue weighted by Gasteiger charge is -2.19. The molecule has 2 heteroatoms. The zero-order valence-electron chi connectivity index (χ0n) is 10.4. The molecule has 1 aromatic carbocycles. The first kappa shape index (κ1) is 11.2. The molecule has 3 rings (SSSR count). The molecule has 2 fully saturated rings. The van der Waals surface area contributed by atoms with Crippen LogP contribution in [-0.2, 0) is 0 Å². The molecular formula is C15H22N2. The summed E-state index contributed by atoms with van der Waals surface area (Å²) in [6.07, 6.45) is 2.71. The molecule has 1 aromatic rings. The van der Waals surface area contributed by atoms with Crippen LogP contribution in [0.5, 0.6) is 0 Å². The first-order chi connectivity index (χ1) is 8.43. The first-order valence-corrected chi connectivity index (χ1v) is 6.91. The van der Waals surface area contributed by atoms with Crippen molar-refractivity contribution in [2.75, 3.05) is 32.7 Å². The second kappa shape index (κ2) is 5.19. The van der Waals surface area contributed by atoms with E-state index in [0.717, 1.165) is 11.8 Å². The summed E-state index contributed by atoms with van der Waals surface area (Å²) in [6, 6.07) is 11.0. The van der Waals surface area contributed by atoms with Crippen LogP contribution in [0, 0.1) is 5.92 Å². The van der Waals surface area contributed by atoms with Crippen molar-refractivity contribution in [3.63, 3.8) is 0 Å². The quantitative estimate of drug-likeness (QED) is 0.855. The molecule has 1 aliphatic carbocycles. The fraction of sp³-hybridized carbons (Fsp3) is 0.600. The molecule has 0 aromatic heterocycles. The highest BCUT2D eigenvalue weighted by Crippen LogP contribution is 2.47. The van der Waals surface area contributed by atoms with E-state index in [0.29, 0.717) is 0 Å². The summed E-state index contributed by atoms with van der Waals surface area (Å²) in [4.78, 5) is 2.65. The second-order valence-electron chi connectivity index (χ2n) is 5.42. The maximum absolute atomic E-state index is 3.47. The SMILES string of the molecule is c1ccc(C2CC2CN2CCCNCC2)cc1. The van der Waals surface area contributed by atoms with Crippen LogP contribution in [0.3, 0.4) is 0 Å². The third kappa shape index (κ3) is 2.88. The van der Waals surface area contributed by atoms with Crippen LogP contribution >= 0.6 is 0 Å². The molecular weight excluding hydrogens is 208 g/mol. The van der Waals surface area contributed by atoms with Gasteiger partial charge < -0.3 is 10.2 Å². The Hall–Kier alpha value is -0.860. The fourth-order valence-corrected chi connectivity index (χ4v) is 2.97. The minimum absolute atomic E-state index is 0.840. The van der Waals surface area contributed by atoms with E-state index in [1.165, 1.54) is 45.6 Å². The molecule has 2 unspecified atom stereocenters. The van der Waals surface area contributed by atoms with Gasteiger partial charge >= 0.3 is 0 Å². The Labute approximate surface area is 104 Å². The molecule has 1 saturated heterocycles. The molecule has 2 nitrogen and oxygen atoms in total. The maximum atomic E-state index is 3.47. The lowest BCUT2D eigenvalue weighted by atomic mass is 10.1. The van der Waals surface area contributed by atoms with Crippen molar-refractivity contribution in [2.45, 2.75) is 18.8 Å². The number of hydrogen-bond donors (Lipinski definition) is 1. The van der Waals surface area contributed by atoms with E-state index in [4.69, 9.17) is 0 Å². The minimum atomic E-state index is 0.840. The topological polar surface area (TPSA) is 15.3 Å². The first-order valence-electron chi connectivity index (χ1n) is 6.91. The molecule has 0 spiro atoms. The third-order valence-corrected chi connectivity index (χ3v) is 4.08. The molecule has 2 aliphatic rings. The molecule has 1 saturated carbocycles. The Kier molecular flexibility index (Phi) is 3.44. The van der Waals surface area contributed by atoms with Gasteiger partial charge in [-0.1, -0.05) is 30.3 Å². The van der Waals surface area contributed by atoms with Crippen molar-refractivity contribution in [1.82, 2.24) is 10.2 Å². The molecule has 92 valence electrons. The van der Waals surface area contributed by atoms with Gasteiger partial charge in [0.1, 0.15) is 0 Å². The molecule has 1 N–H and O–H groups in total. The Morgan fingerprint density at radius 3 is 2.88 bits per heavy atom. The molecule has 0 bridgehead atoms. The molecule has 0 radical (unpaired) electrons. The highest BCUT2D eigenvalue weighted by molar-refractivity contribution is 5.25. The van der Waals surface area contributed by atoms with Gasteiger partial charge in [-0.2, -0.15) is 0 Å². The molecule has 1 heterocycles. The molecule has 1 aliphatic heterocycles. The summed E-state index contributed by atoms with van der Waals surface area (Å²) in [6.45, 7) is 6.19. The summed E-state index contributed by atoms with van der Waals surface area (Å²) < 4.78 is 0. The Morgan fingerprint density at radius 2 is 2.00 bits per heavy atom. The van der Waals surface area contributed by atoms with Gasteiger partial charge in [0.25, 0.3) is 0 Å². The smallest absolute Gasteiger partial charge is 0.0107 e. The standard InChI is InChI=1S/C15H22N2/c1-2-5-13(6-3-1)15-11-14(15)12-17-9-4-7-16-8-10-17/h1-3,5-6,14-16H,4,7-12H2. The van der Waals surface area contributed by atoms with Crippen molar-refractivity contribution in [3.05, 3.63) is 35.9 Å². The lowest BCUT2D eigenvalue weighted by molar-refractivity contribution is 0.279. The van der Waals surface area contributed by atoms with Crippen molar-refractivity contribution in [3.8, 4) is 0 Å². The van der Waals surface area contributed by atoms with Crippen LogP contribution in [0.4, 0.5) is 0 Å². The highest BCUT2D eigenvalue weighted by Gasteiger charge is 2.38. The summed E-state index contributed by atoms with van der Waals surface area (Å²) in [5, 5.41) is 3.47. The van der Waals surface area contributed by atoms with E-state index in [-0.39, 0.29) is 0 Å². The highest BCUT2D eigenvalue weighted by atomic mass is 15.2. The van der Waals surface area contributed by atoms with Crippen LogP contribution in [0.1, 0.15) is 24.3 Å². The average Bonchev–Trinajstić information content (AvgIpc) is 3.16. The normalized spacial score (nSPS) is 29.9. The van der Waals surface area contributed by atoms with Crippen molar-refractivity contribution in [2.24, 2.45) is 5.92 Å². The zero-order chi connectivity index (χ0) is 11.5. The fourth-order valence-electron chi connectivity index (χ4n) is 2.97. The van der Waals surface area contributed by atoms with Gasteiger partial charge in [-0.05, 0) is 43.3 Å². The summed E-state index contributed by atoms with van der Waals surface area (Å²) >= 11 is 0. The zero-order valence-corrected chi connectivity index (χ0v) is 10.4. The summed E-state index contributed by atoms with van der Waals surface area (Å²) in [5.41, 5.74) is 1.55. The number of rotatable bonds is 3. The van der Waals surface area contributed by atoms with E-state index < -0.39 is 0 Å². The van der Waals surface area contributed by atoms with Crippen LogP contribution in [0.15, 0.2) is 30.3 Å². The van der Waals surface area contributed by atoms with Crippen LogP contribution < -0.4 is 5.32 Å².